The van der Waals surface area contributed by atoms with Crippen molar-refractivity contribution >= 4 is 11.6 Å². The minimum Gasteiger partial charge on any atom is -0.488 e. The fourth-order valence-corrected chi connectivity index (χ4v) is 3.24. The SMILES string of the molecule is CCc1ccc(N(CC)C(=O)c2noc3c2COc2ccccc2-3)cc1. The number of amides is 1. The van der Waals surface area contributed by atoms with E-state index < -0.39 is 0 Å². The number of carbonyl (C=O) groups is 1. The van der Waals surface area contributed by atoms with Crippen LogP contribution >= 0.6 is 0 Å². The first-order chi connectivity index (χ1) is 12.7. The molecule has 5 heteroatoms. The van der Waals surface area contributed by atoms with E-state index in [1.54, 1.807) is 4.90 Å². The molecule has 1 amide bonds. The van der Waals surface area contributed by atoms with Gasteiger partial charge in [0.15, 0.2) is 11.5 Å². The molecule has 26 heavy (non-hydrogen) atoms. The molecule has 0 bridgehead atoms. The third kappa shape index (κ3) is 2.65. The smallest absolute Gasteiger partial charge is 0.280 e. The van der Waals surface area contributed by atoms with E-state index in [0.717, 1.165) is 23.4 Å². The molecule has 0 unspecified atom stereocenters. The highest BCUT2D eigenvalue weighted by molar-refractivity contribution is 6.06. The van der Waals surface area contributed by atoms with Crippen molar-refractivity contribution in [3.63, 3.8) is 0 Å². The van der Waals surface area contributed by atoms with E-state index in [2.05, 4.69) is 12.1 Å². The fourth-order valence-electron chi connectivity index (χ4n) is 3.24. The summed E-state index contributed by atoms with van der Waals surface area (Å²) < 4.78 is 11.3. The number of carbonyl (C=O) groups excluding carboxylic acids is 1. The van der Waals surface area contributed by atoms with Crippen molar-refractivity contribution in [2.45, 2.75) is 26.9 Å². The van der Waals surface area contributed by atoms with Gasteiger partial charge in [0.05, 0.1) is 11.1 Å². The summed E-state index contributed by atoms with van der Waals surface area (Å²) in [5, 5.41) is 4.08. The Labute approximate surface area is 152 Å². The van der Waals surface area contributed by atoms with E-state index in [1.807, 2.05) is 55.5 Å². The van der Waals surface area contributed by atoms with Crippen molar-refractivity contribution < 1.29 is 14.1 Å². The number of ether oxygens (including phenoxy) is 1. The van der Waals surface area contributed by atoms with Crippen LogP contribution in [-0.4, -0.2) is 17.6 Å². The van der Waals surface area contributed by atoms with E-state index in [9.17, 15) is 4.79 Å². The molecular weight excluding hydrogens is 328 g/mol. The van der Waals surface area contributed by atoms with Crippen LogP contribution < -0.4 is 9.64 Å². The van der Waals surface area contributed by atoms with Gasteiger partial charge in [-0.25, -0.2) is 0 Å². The summed E-state index contributed by atoms with van der Waals surface area (Å²) in [5.74, 6) is 1.19. The summed E-state index contributed by atoms with van der Waals surface area (Å²) in [6.07, 6.45) is 0.966. The van der Waals surface area contributed by atoms with Crippen molar-refractivity contribution in [3.8, 4) is 17.1 Å². The molecule has 1 aromatic heterocycles. The lowest BCUT2D eigenvalue weighted by Crippen LogP contribution is -2.31. The Morgan fingerprint density at radius 2 is 1.88 bits per heavy atom. The van der Waals surface area contributed by atoms with Gasteiger partial charge < -0.3 is 14.2 Å². The average molecular weight is 348 g/mol. The lowest BCUT2D eigenvalue weighted by atomic mass is 10.0. The predicted octanol–water partition coefficient (Wildman–Crippen LogP) is 4.46. The number of aromatic nitrogens is 1. The molecule has 0 aliphatic carbocycles. The summed E-state index contributed by atoms with van der Waals surface area (Å²) in [5.41, 5.74) is 3.94. The van der Waals surface area contributed by atoms with Gasteiger partial charge in [-0.15, -0.1) is 0 Å². The van der Waals surface area contributed by atoms with Crippen LogP contribution in [0.1, 0.15) is 35.5 Å². The van der Waals surface area contributed by atoms with Gasteiger partial charge in [0, 0.05) is 12.2 Å². The van der Waals surface area contributed by atoms with Crippen LogP contribution in [-0.2, 0) is 13.0 Å². The van der Waals surface area contributed by atoms with Gasteiger partial charge in [0.2, 0.25) is 0 Å². The van der Waals surface area contributed by atoms with E-state index in [1.165, 1.54) is 5.56 Å². The lowest BCUT2D eigenvalue weighted by molar-refractivity contribution is 0.0977. The maximum Gasteiger partial charge on any atom is 0.280 e. The van der Waals surface area contributed by atoms with Gasteiger partial charge in [0.1, 0.15) is 12.4 Å². The topological polar surface area (TPSA) is 55.6 Å². The number of aryl methyl sites for hydroxylation is 1. The van der Waals surface area contributed by atoms with Gasteiger partial charge in [-0.1, -0.05) is 36.3 Å². The summed E-state index contributed by atoms with van der Waals surface area (Å²) in [6.45, 7) is 4.88. The van der Waals surface area contributed by atoms with Crippen LogP contribution in [0.4, 0.5) is 5.69 Å². The number of fused-ring (bicyclic) bond motifs is 3. The van der Waals surface area contributed by atoms with E-state index >= 15 is 0 Å². The van der Waals surface area contributed by atoms with Crippen molar-refractivity contribution in [1.29, 1.82) is 0 Å². The number of hydrogen-bond acceptors (Lipinski definition) is 4. The first-order valence-electron chi connectivity index (χ1n) is 8.84. The average Bonchev–Trinajstić information content (AvgIpc) is 3.13. The number of anilines is 1. The second-order valence-corrected chi connectivity index (χ2v) is 6.19. The van der Waals surface area contributed by atoms with Crippen LogP contribution in [0.3, 0.4) is 0 Å². The zero-order valence-corrected chi connectivity index (χ0v) is 14.9. The fraction of sp³-hybridized carbons (Fsp3) is 0.238. The molecule has 2 aromatic carbocycles. The van der Waals surface area contributed by atoms with Gasteiger partial charge >= 0.3 is 0 Å². The van der Waals surface area contributed by atoms with E-state index in [0.29, 0.717) is 23.6 Å². The van der Waals surface area contributed by atoms with Gasteiger partial charge in [-0.3, -0.25) is 4.79 Å². The minimum atomic E-state index is -0.176. The molecule has 5 nitrogen and oxygen atoms in total. The molecule has 0 N–H and O–H groups in total. The first-order valence-corrected chi connectivity index (χ1v) is 8.84. The molecule has 0 saturated carbocycles. The van der Waals surface area contributed by atoms with Crippen LogP contribution in [0, 0.1) is 0 Å². The summed E-state index contributed by atoms with van der Waals surface area (Å²) >= 11 is 0. The van der Waals surface area contributed by atoms with Crippen LogP contribution in [0.5, 0.6) is 5.75 Å². The maximum atomic E-state index is 13.1. The molecule has 0 fully saturated rings. The van der Waals surface area contributed by atoms with Gasteiger partial charge in [-0.05, 0) is 43.2 Å². The lowest BCUT2D eigenvalue weighted by Gasteiger charge is -2.21. The molecule has 0 spiro atoms. The van der Waals surface area contributed by atoms with Crippen LogP contribution in [0.15, 0.2) is 53.1 Å². The Hall–Kier alpha value is -3.08. The zero-order valence-electron chi connectivity index (χ0n) is 14.9. The molecule has 1 aliphatic rings. The largest absolute Gasteiger partial charge is 0.488 e. The Bertz CT molecular complexity index is 944. The molecule has 4 rings (SSSR count). The van der Waals surface area contributed by atoms with Gasteiger partial charge in [0.25, 0.3) is 5.91 Å². The van der Waals surface area contributed by atoms with E-state index in [-0.39, 0.29) is 12.5 Å². The predicted molar refractivity (Wildman–Crippen MR) is 99.4 cm³/mol. The highest BCUT2D eigenvalue weighted by Gasteiger charge is 2.31. The number of hydrogen-bond donors (Lipinski definition) is 0. The van der Waals surface area contributed by atoms with Crippen molar-refractivity contribution in [3.05, 3.63) is 65.4 Å². The van der Waals surface area contributed by atoms with Crippen LogP contribution in [0.2, 0.25) is 0 Å². The second-order valence-electron chi connectivity index (χ2n) is 6.19. The van der Waals surface area contributed by atoms with Gasteiger partial charge in [-0.2, -0.15) is 0 Å². The third-order valence-corrected chi connectivity index (χ3v) is 4.71. The molecule has 0 radical (unpaired) electrons. The second kappa shape index (κ2) is 6.67. The summed E-state index contributed by atoms with van der Waals surface area (Å²) in [4.78, 5) is 14.8. The number of rotatable bonds is 4. The maximum absolute atomic E-state index is 13.1. The highest BCUT2D eigenvalue weighted by Crippen LogP contribution is 2.39. The molecule has 1 aliphatic heterocycles. The van der Waals surface area contributed by atoms with Crippen molar-refractivity contribution in [2.24, 2.45) is 0 Å². The Morgan fingerprint density at radius 1 is 1.12 bits per heavy atom. The van der Waals surface area contributed by atoms with Crippen molar-refractivity contribution in [2.75, 3.05) is 11.4 Å². The molecule has 3 aromatic rings. The zero-order chi connectivity index (χ0) is 18.1. The normalized spacial score (nSPS) is 12.1. The number of nitrogens with zero attached hydrogens (tertiary/aromatic N) is 2. The molecular formula is C21H20N2O3. The summed E-state index contributed by atoms with van der Waals surface area (Å²) in [7, 11) is 0. The molecule has 0 atom stereocenters. The quantitative estimate of drug-likeness (QED) is 0.698. The standard InChI is InChI=1S/C21H20N2O3/c1-3-14-9-11-15(12-10-14)23(4-2)21(24)19-17-13-25-18-8-6-5-7-16(18)20(17)26-22-19/h5-12H,3-4,13H2,1-2H3. The third-order valence-electron chi connectivity index (χ3n) is 4.71. The minimum absolute atomic E-state index is 0.176. The van der Waals surface area contributed by atoms with E-state index in [4.69, 9.17) is 9.26 Å². The first kappa shape index (κ1) is 16.4. The number of benzene rings is 2. The highest BCUT2D eigenvalue weighted by atomic mass is 16.5. The Morgan fingerprint density at radius 3 is 2.62 bits per heavy atom. The summed E-state index contributed by atoms with van der Waals surface area (Å²) in [6, 6.07) is 15.6. The number of para-hydroxylation sites is 1. The van der Waals surface area contributed by atoms with Crippen LogP contribution in [0.25, 0.3) is 11.3 Å². The monoisotopic (exact) mass is 348 g/mol. The van der Waals surface area contributed by atoms with Crippen molar-refractivity contribution in [1.82, 2.24) is 5.16 Å². The molecule has 2 heterocycles. The molecule has 0 saturated heterocycles. The Kier molecular flexibility index (Phi) is 4.21. The Balaban J connectivity index is 1.69. The molecule has 132 valence electrons.